The van der Waals surface area contributed by atoms with E-state index in [1.54, 1.807) is 32.9 Å². The zero-order valence-electron chi connectivity index (χ0n) is 11.6. The van der Waals surface area contributed by atoms with Gasteiger partial charge in [-0.25, -0.2) is 0 Å². The van der Waals surface area contributed by atoms with E-state index in [4.69, 9.17) is 16.7 Å². The Labute approximate surface area is 122 Å². The van der Waals surface area contributed by atoms with Crippen LogP contribution >= 0.6 is 11.6 Å². The molecule has 1 aliphatic rings. The summed E-state index contributed by atoms with van der Waals surface area (Å²) in [7, 11) is 0. The Kier molecular flexibility index (Phi) is 3.73. The lowest BCUT2D eigenvalue weighted by molar-refractivity contribution is -0.140. The zero-order valence-corrected chi connectivity index (χ0v) is 12.3. The highest BCUT2D eigenvalue weighted by Gasteiger charge is 2.65. The fourth-order valence-electron chi connectivity index (χ4n) is 2.61. The van der Waals surface area contributed by atoms with Gasteiger partial charge in [0.1, 0.15) is 0 Å². The lowest BCUT2D eigenvalue weighted by Gasteiger charge is -2.14. The second-order valence-corrected chi connectivity index (χ2v) is 6.18. The molecule has 1 heterocycles. The van der Waals surface area contributed by atoms with Gasteiger partial charge in [-0.1, -0.05) is 25.4 Å². The molecule has 0 aromatic carbocycles. The second-order valence-electron chi connectivity index (χ2n) is 5.75. The van der Waals surface area contributed by atoms with Crippen LogP contribution < -0.4 is 5.32 Å². The van der Waals surface area contributed by atoms with E-state index in [2.05, 4.69) is 10.3 Å². The smallest absolute Gasteiger partial charge is 0.307 e. The number of nitrogens with zero attached hydrogens (tertiary/aromatic N) is 1. The maximum absolute atomic E-state index is 12.2. The molecule has 0 spiro atoms. The molecule has 0 bridgehead atoms. The van der Waals surface area contributed by atoms with Gasteiger partial charge in [-0.05, 0) is 24.5 Å². The first-order valence-corrected chi connectivity index (χ1v) is 6.77. The maximum atomic E-state index is 12.2. The first-order valence-electron chi connectivity index (χ1n) is 6.39. The minimum Gasteiger partial charge on any atom is -0.481 e. The Morgan fingerprint density at radius 3 is 2.50 bits per heavy atom. The largest absolute Gasteiger partial charge is 0.481 e. The van der Waals surface area contributed by atoms with Crippen molar-refractivity contribution in [2.75, 3.05) is 0 Å². The fraction of sp³-hybridized carbons (Fsp3) is 0.500. The van der Waals surface area contributed by atoms with Crippen LogP contribution in [0, 0.1) is 17.3 Å². The molecule has 2 rings (SSSR count). The van der Waals surface area contributed by atoms with Crippen molar-refractivity contribution in [1.29, 1.82) is 0 Å². The number of hydrogen-bond donors (Lipinski definition) is 2. The average molecular weight is 297 g/mol. The summed E-state index contributed by atoms with van der Waals surface area (Å²) in [6.45, 7) is 5.39. The van der Waals surface area contributed by atoms with Gasteiger partial charge in [-0.15, -0.1) is 0 Å². The molecular formula is C14H17ClN2O3. The van der Waals surface area contributed by atoms with Crippen molar-refractivity contribution >= 4 is 23.5 Å². The number of hydrogen-bond acceptors (Lipinski definition) is 3. The lowest BCUT2D eigenvalue weighted by Crippen LogP contribution is -2.30. The number of carboxylic acids is 1. The third-order valence-corrected chi connectivity index (χ3v) is 4.15. The number of carbonyl (C=O) groups is 2. The fourth-order valence-corrected chi connectivity index (χ4v) is 2.72. The van der Waals surface area contributed by atoms with Crippen molar-refractivity contribution in [2.45, 2.75) is 26.8 Å². The minimum atomic E-state index is -0.924. The summed E-state index contributed by atoms with van der Waals surface area (Å²) >= 11 is 5.76. The van der Waals surface area contributed by atoms with Crippen molar-refractivity contribution in [3.05, 3.63) is 29.0 Å². The summed E-state index contributed by atoms with van der Waals surface area (Å²) in [4.78, 5) is 27.4. The Bertz CT molecular complexity index is 542. The average Bonchev–Trinajstić information content (AvgIpc) is 2.93. The predicted molar refractivity (Wildman–Crippen MR) is 74.2 cm³/mol. The van der Waals surface area contributed by atoms with E-state index >= 15 is 0 Å². The second kappa shape index (κ2) is 5.05. The van der Waals surface area contributed by atoms with E-state index in [9.17, 15) is 9.59 Å². The van der Waals surface area contributed by atoms with E-state index in [1.165, 1.54) is 6.20 Å². The van der Waals surface area contributed by atoms with Gasteiger partial charge < -0.3 is 10.4 Å². The number of nitrogens with one attached hydrogen (secondary N) is 1. The minimum absolute atomic E-state index is 0.244. The maximum Gasteiger partial charge on any atom is 0.307 e. The summed E-state index contributed by atoms with van der Waals surface area (Å²) in [5, 5.41) is 12.4. The predicted octanol–water partition coefficient (Wildman–Crippen LogP) is 2.27. The molecule has 1 aliphatic carbocycles. The molecule has 0 aliphatic heterocycles. The summed E-state index contributed by atoms with van der Waals surface area (Å²) in [6.07, 6.45) is 1.51. The molecule has 0 radical (unpaired) electrons. The van der Waals surface area contributed by atoms with Crippen molar-refractivity contribution in [3.8, 4) is 0 Å². The highest BCUT2D eigenvalue weighted by atomic mass is 35.5. The van der Waals surface area contributed by atoms with Gasteiger partial charge in [0.25, 0.3) is 0 Å². The summed E-state index contributed by atoms with van der Waals surface area (Å²) in [6, 6.07) is 3.15. The zero-order chi connectivity index (χ0) is 15.1. The number of pyridine rings is 1. The van der Waals surface area contributed by atoms with Gasteiger partial charge in [0, 0.05) is 6.20 Å². The van der Waals surface area contributed by atoms with Crippen molar-refractivity contribution < 1.29 is 14.7 Å². The molecule has 2 N–H and O–H groups in total. The number of carbonyl (C=O) groups excluding carboxylic acids is 1. The van der Waals surface area contributed by atoms with Gasteiger partial charge in [-0.2, -0.15) is 0 Å². The summed E-state index contributed by atoms with van der Waals surface area (Å²) in [5.74, 6) is -2.28. The molecule has 5 nitrogen and oxygen atoms in total. The van der Waals surface area contributed by atoms with Crippen LogP contribution in [0.1, 0.15) is 32.5 Å². The van der Waals surface area contributed by atoms with Gasteiger partial charge in [-0.3, -0.25) is 14.6 Å². The van der Waals surface area contributed by atoms with Crippen LogP contribution in [-0.2, 0) is 9.59 Å². The molecule has 20 heavy (non-hydrogen) atoms. The number of amides is 1. The molecule has 1 aromatic heterocycles. The van der Waals surface area contributed by atoms with Crippen LogP contribution in [-0.4, -0.2) is 22.0 Å². The molecule has 3 atom stereocenters. The molecule has 108 valence electrons. The van der Waals surface area contributed by atoms with Crippen molar-refractivity contribution in [2.24, 2.45) is 17.3 Å². The van der Waals surface area contributed by atoms with E-state index < -0.39 is 23.2 Å². The Morgan fingerprint density at radius 1 is 1.40 bits per heavy atom. The Hall–Kier alpha value is -1.62. The van der Waals surface area contributed by atoms with Crippen LogP contribution in [0.4, 0.5) is 0 Å². The van der Waals surface area contributed by atoms with E-state index in [1.807, 2.05) is 0 Å². The third-order valence-electron chi connectivity index (χ3n) is 3.93. The highest BCUT2D eigenvalue weighted by molar-refractivity contribution is 6.30. The number of aromatic nitrogens is 1. The van der Waals surface area contributed by atoms with Crippen LogP contribution in [0.3, 0.4) is 0 Å². The van der Waals surface area contributed by atoms with Gasteiger partial charge >= 0.3 is 5.97 Å². The molecular weight excluding hydrogens is 280 g/mol. The topological polar surface area (TPSA) is 79.3 Å². The van der Waals surface area contributed by atoms with Crippen LogP contribution in [0.25, 0.3) is 0 Å². The SMILES string of the molecule is C[C@H](NC(=O)[C@@H]1[C@H](C(=O)O)C1(C)C)c1ccc(Cl)cn1. The highest BCUT2D eigenvalue weighted by Crippen LogP contribution is 2.58. The van der Waals surface area contributed by atoms with Crippen molar-refractivity contribution in [3.63, 3.8) is 0 Å². The van der Waals surface area contributed by atoms with Gasteiger partial charge in [0.2, 0.25) is 5.91 Å². The Balaban J connectivity index is 2.02. The molecule has 0 saturated heterocycles. The number of carboxylic acid groups (broad SMARTS) is 1. The van der Waals surface area contributed by atoms with E-state index in [0.717, 1.165) is 0 Å². The standard InChI is InChI=1S/C14H17ClN2O3/c1-7(9-5-4-8(15)6-16-9)17-12(18)10-11(13(19)20)14(10,2)3/h4-7,10-11H,1-3H3,(H,17,18)(H,19,20)/t7-,10-,11+/m0/s1. The Morgan fingerprint density at radius 2 is 2.05 bits per heavy atom. The van der Waals surface area contributed by atoms with E-state index in [-0.39, 0.29) is 11.9 Å². The van der Waals surface area contributed by atoms with Gasteiger partial charge in [0.15, 0.2) is 0 Å². The third kappa shape index (κ3) is 2.63. The first-order chi connectivity index (χ1) is 9.25. The molecule has 0 unspecified atom stereocenters. The molecule has 1 saturated carbocycles. The van der Waals surface area contributed by atoms with Crippen molar-refractivity contribution in [1.82, 2.24) is 10.3 Å². The summed E-state index contributed by atoms with van der Waals surface area (Å²) < 4.78 is 0. The number of aliphatic carboxylic acids is 1. The number of rotatable bonds is 4. The normalized spacial score (nSPS) is 24.8. The van der Waals surface area contributed by atoms with Crippen LogP contribution in [0.15, 0.2) is 18.3 Å². The van der Waals surface area contributed by atoms with Gasteiger partial charge in [0.05, 0.1) is 28.6 Å². The lowest BCUT2D eigenvalue weighted by atomic mass is 10.1. The molecule has 1 fully saturated rings. The molecule has 1 amide bonds. The molecule has 6 heteroatoms. The monoisotopic (exact) mass is 296 g/mol. The quantitative estimate of drug-likeness (QED) is 0.893. The number of halogens is 1. The summed E-state index contributed by atoms with van der Waals surface area (Å²) in [5.41, 5.74) is 0.191. The van der Waals surface area contributed by atoms with E-state index in [0.29, 0.717) is 10.7 Å². The van der Waals surface area contributed by atoms with Crippen LogP contribution in [0.2, 0.25) is 5.02 Å². The molecule has 1 aromatic rings. The first kappa shape index (κ1) is 14.8. The van der Waals surface area contributed by atoms with Crippen LogP contribution in [0.5, 0.6) is 0 Å².